The van der Waals surface area contributed by atoms with Gasteiger partial charge in [0.1, 0.15) is 0 Å². The Hall–Kier alpha value is -0.860. The van der Waals surface area contributed by atoms with Gasteiger partial charge < -0.3 is 10.1 Å². The molecule has 0 aliphatic carbocycles. The Bertz CT molecular complexity index is 359. The monoisotopic (exact) mass is 275 g/mol. The van der Waals surface area contributed by atoms with Crippen molar-refractivity contribution in [2.75, 3.05) is 13.2 Å². The molecule has 0 amide bonds. The first-order chi connectivity index (χ1) is 9.81. The lowest BCUT2D eigenvalue weighted by molar-refractivity contribution is 0.0967. The maximum absolute atomic E-state index is 5.75. The molecule has 1 N–H and O–H groups in total. The van der Waals surface area contributed by atoms with Crippen LogP contribution in [0.4, 0.5) is 0 Å². The molecular formula is C18H29NO. The summed E-state index contributed by atoms with van der Waals surface area (Å²) in [5.41, 5.74) is 1.42. The third kappa shape index (κ3) is 4.60. The molecule has 112 valence electrons. The predicted molar refractivity (Wildman–Crippen MR) is 84.8 cm³/mol. The van der Waals surface area contributed by atoms with Crippen molar-refractivity contribution in [1.82, 2.24) is 5.32 Å². The maximum Gasteiger partial charge on any atom is 0.0576 e. The van der Waals surface area contributed by atoms with Gasteiger partial charge in [0, 0.05) is 12.6 Å². The van der Waals surface area contributed by atoms with E-state index in [9.17, 15) is 0 Å². The summed E-state index contributed by atoms with van der Waals surface area (Å²) in [5, 5.41) is 3.72. The fraction of sp³-hybridized carbons (Fsp3) is 0.667. The molecule has 0 bridgehead atoms. The first kappa shape index (κ1) is 15.5. The molecule has 20 heavy (non-hydrogen) atoms. The molecule has 2 rings (SSSR count). The molecule has 3 atom stereocenters. The zero-order chi connectivity index (χ0) is 14.2. The summed E-state index contributed by atoms with van der Waals surface area (Å²) in [6.07, 6.45) is 6.64. The lowest BCUT2D eigenvalue weighted by atomic mass is 9.89. The minimum absolute atomic E-state index is 0.470. The predicted octanol–water partition coefficient (Wildman–Crippen LogP) is 4.32. The van der Waals surface area contributed by atoms with E-state index in [0.29, 0.717) is 18.1 Å². The number of hydrogen-bond acceptors (Lipinski definition) is 2. The largest absolute Gasteiger partial charge is 0.378 e. The highest BCUT2D eigenvalue weighted by atomic mass is 16.5. The summed E-state index contributed by atoms with van der Waals surface area (Å²) >= 11 is 0. The Balaban J connectivity index is 1.90. The number of rotatable bonds is 8. The minimum atomic E-state index is 0.470. The van der Waals surface area contributed by atoms with Crippen LogP contribution in [-0.2, 0) is 4.74 Å². The average molecular weight is 275 g/mol. The summed E-state index contributed by atoms with van der Waals surface area (Å²) in [4.78, 5) is 0. The molecule has 1 aromatic rings. The number of ether oxygens (including phenoxy) is 1. The Morgan fingerprint density at radius 3 is 2.75 bits per heavy atom. The van der Waals surface area contributed by atoms with Crippen LogP contribution in [-0.4, -0.2) is 19.3 Å². The molecule has 1 fully saturated rings. The molecular weight excluding hydrogens is 246 g/mol. The Morgan fingerprint density at radius 1 is 1.30 bits per heavy atom. The topological polar surface area (TPSA) is 21.3 Å². The zero-order valence-corrected chi connectivity index (χ0v) is 13.0. The second-order valence-electron chi connectivity index (χ2n) is 6.03. The first-order valence-corrected chi connectivity index (χ1v) is 8.21. The maximum atomic E-state index is 5.75. The number of hydrogen-bond donors (Lipinski definition) is 1. The van der Waals surface area contributed by atoms with Gasteiger partial charge in [0.2, 0.25) is 0 Å². The first-order valence-electron chi connectivity index (χ1n) is 8.21. The van der Waals surface area contributed by atoms with Gasteiger partial charge in [0.25, 0.3) is 0 Å². The van der Waals surface area contributed by atoms with Gasteiger partial charge in [0.05, 0.1) is 6.10 Å². The third-order valence-corrected chi connectivity index (χ3v) is 4.31. The van der Waals surface area contributed by atoms with Crippen molar-refractivity contribution in [2.24, 2.45) is 5.92 Å². The van der Waals surface area contributed by atoms with E-state index in [1.54, 1.807) is 0 Å². The lowest BCUT2D eigenvalue weighted by Gasteiger charge is -2.26. The van der Waals surface area contributed by atoms with Crippen LogP contribution in [0.3, 0.4) is 0 Å². The van der Waals surface area contributed by atoms with E-state index < -0.39 is 0 Å². The molecule has 0 radical (unpaired) electrons. The molecule has 1 saturated heterocycles. The smallest absolute Gasteiger partial charge is 0.0576 e. The van der Waals surface area contributed by atoms with Gasteiger partial charge in [0.15, 0.2) is 0 Å². The normalized spacial score (nSPS) is 21.8. The molecule has 0 saturated carbocycles. The average Bonchev–Trinajstić information content (AvgIpc) is 3.00. The van der Waals surface area contributed by atoms with E-state index in [0.717, 1.165) is 13.2 Å². The van der Waals surface area contributed by atoms with Crippen molar-refractivity contribution in [2.45, 2.75) is 58.1 Å². The van der Waals surface area contributed by atoms with E-state index in [-0.39, 0.29) is 0 Å². The minimum Gasteiger partial charge on any atom is -0.378 e. The van der Waals surface area contributed by atoms with E-state index >= 15 is 0 Å². The summed E-state index contributed by atoms with van der Waals surface area (Å²) < 4.78 is 5.75. The molecule has 1 heterocycles. The van der Waals surface area contributed by atoms with Crippen LogP contribution in [0.15, 0.2) is 30.3 Å². The highest BCUT2D eigenvalue weighted by Gasteiger charge is 2.21. The molecule has 1 aromatic carbocycles. The van der Waals surface area contributed by atoms with Crippen LogP contribution >= 0.6 is 0 Å². The van der Waals surface area contributed by atoms with Crippen LogP contribution in [0.1, 0.15) is 57.6 Å². The summed E-state index contributed by atoms with van der Waals surface area (Å²) in [5.74, 6) is 0.646. The van der Waals surface area contributed by atoms with Gasteiger partial charge in [-0.05, 0) is 50.1 Å². The highest BCUT2D eigenvalue weighted by Crippen LogP contribution is 2.28. The van der Waals surface area contributed by atoms with Gasteiger partial charge >= 0.3 is 0 Å². The van der Waals surface area contributed by atoms with Crippen molar-refractivity contribution < 1.29 is 4.74 Å². The van der Waals surface area contributed by atoms with Crippen LogP contribution in [0.2, 0.25) is 0 Å². The number of benzene rings is 1. The van der Waals surface area contributed by atoms with Crippen molar-refractivity contribution in [3.8, 4) is 0 Å². The van der Waals surface area contributed by atoms with E-state index in [1.165, 1.54) is 37.7 Å². The van der Waals surface area contributed by atoms with E-state index in [4.69, 9.17) is 4.74 Å². The van der Waals surface area contributed by atoms with E-state index in [1.807, 2.05) is 0 Å². The van der Waals surface area contributed by atoms with Crippen LogP contribution in [0.25, 0.3) is 0 Å². The van der Waals surface area contributed by atoms with Gasteiger partial charge in [-0.15, -0.1) is 0 Å². The highest BCUT2D eigenvalue weighted by molar-refractivity contribution is 5.19. The Morgan fingerprint density at radius 2 is 2.10 bits per heavy atom. The van der Waals surface area contributed by atoms with Crippen molar-refractivity contribution in [3.63, 3.8) is 0 Å². The molecule has 3 unspecified atom stereocenters. The van der Waals surface area contributed by atoms with Gasteiger partial charge in [-0.3, -0.25) is 0 Å². The van der Waals surface area contributed by atoms with Crippen molar-refractivity contribution in [3.05, 3.63) is 35.9 Å². The third-order valence-electron chi connectivity index (χ3n) is 4.31. The fourth-order valence-corrected chi connectivity index (χ4v) is 3.10. The van der Waals surface area contributed by atoms with Gasteiger partial charge in [-0.2, -0.15) is 0 Å². The SMILES string of the molecule is CCCNC(c1ccccc1)C(C)CCC1CCCO1. The second kappa shape index (κ2) is 8.43. The summed E-state index contributed by atoms with van der Waals surface area (Å²) in [6, 6.07) is 11.3. The van der Waals surface area contributed by atoms with Gasteiger partial charge in [-0.1, -0.05) is 44.2 Å². The van der Waals surface area contributed by atoms with Crippen molar-refractivity contribution in [1.29, 1.82) is 0 Å². The quantitative estimate of drug-likeness (QED) is 0.763. The number of nitrogens with one attached hydrogen (secondary N) is 1. The van der Waals surface area contributed by atoms with Crippen LogP contribution in [0.5, 0.6) is 0 Å². The second-order valence-corrected chi connectivity index (χ2v) is 6.03. The van der Waals surface area contributed by atoms with Crippen LogP contribution < -0.4 is 5.32 Å². The lowest BCUT2D eigenvalue weighted by Crippen LogP contribution is -2.28. The van der Waals surface area contributed by atoms with E-state index in [2.05, 4.69) is 49.5 Å². The molecule has 0 aromatic heterocycles. The fourth-order valence-electron chi connectivity index (χ4n) is 3.10. The van der Waals surface area contributed by atoms with Gasteiger partial charge in [-0.25, -0.2) is 0 Å². The molecule has 1 aliphatic heterocycles. The molecule has 2 nitrogen and oxygen atoms in total. The van der Waals surface area contributed by atoms with Crippen LogP contribution in [0, 0.1) is 5.92 Å². The zero-order valence-electron chi connectivity index (χ0n) is 13.0. The standard InChI is InChI=1S/C18H29NO/c1-3-13-19-18(16-8-5-4-6-9-16)15(2)11-12-17-10-7-14-20-17/h4-6,8-9,15,17-19H,3,7,10-14H2,1-2H3. The molecule has 2 heteroatoms. The summed E-state index contributed by atoms with van der Waals surface area (Å²) in [7, 11) is 0. The van der Waals surface area contributed by atoms with Crippen molar-refractivity contribution >= 4 is 0 Å². The Labute approximate surface area is 123 Å². The summed E-state index contributed by atoms with van der Waals surface area (Å²) in [6.45, 7) is 6.65. The molecule has 1 aliphatic rings. The molecule has 0 spiro atoms. The Kier molecular flexibility index (Phi) is 6.55.